The lowest BCUT2D eigenvalue weighted by atomic mass is 10.0. The number of hydrogen-bond acceptors (Lipinski definition) is 5. The zero-order valence-electron chi connectivity index (χ0n) is 14.7. The number of hydrogen-bond donors (Lipinski definition) is 1. The Bertz CT molecular complexity index is 823. The van der Waals surface area contributed by atoms with Gasteiger partial charge in [-0.3, -0.25) is 20.3 Å². The minimum atomic E-state index is -0.0762. The summed E-state index contributed by atoms with van der Waals surface area (Å²) in [6.45, 7) is 4.06. The lowest BCUT2D eigenvalue weighted by molar-refractivity contribution is 0.412. The normalized spacial score (nSPS) is 13.2. The van der Waals surface area contributed by atoms with Gasteiger partial charge in [0.2, 0.25) is 0 Å². The second-order valence-corrected chi connectivity index (χ2v) is 5.88. The number of benzene rings is 1. The molecule has 0 saturated carbocycles. The summed E-state index contributed by atoms with van der Waals surface area (Å²) in [6, 6.07) is 13.9. The Morgan fingerprint density at radius 3 is 2.52 bits per heavy atom. The molecular formula is C20H22N4O. The third kappa shape index (κ3) is 4.00. The van der Waals surface area contributed by atoms with E-state index in [0.29, 0.717) is 0 Å². The van der Waals surface area contributed by atoms with Crippen LogP contribution < -0.4 is 10.1 Å². The van der Waals surface area contributed by atoms with Crippen molar-refractivity contribution in [2.45, 2.75) is 25.9 Å². The number of nitrogens with zero attached hydrogens (tertiary/aromatic N) is 3. The van der Waals surface area contributed by atoms with E-state index in [9.17, 15) is 0 Å². The molecule has 0 bridgehead atoms. The largest absolute Gasteiger partial charge is 0.497 e. The van der Waals surface area contributed by atoms with Gasteiger partial charge in [-0.1, -0.05) is 18.2 Å². The molecule has 0 amide bonds. The van der Waals surface area contributed by atoms with Crippen LogP contribution in [0.5, 0.6) is 5.75 Å². The Hall–Kier alpha value is -2.79. The highest BCUT2D eigenvalue weighted by Crippen LogP contribution is 2.27. The Balaban J connectivity index is 1.96. The van der Waals surface area contributed by atoms with E-state index >= 15 is 0 Å². The fraction of sp³-hybridized carbons (Fsp3) is 0.250. The molecule has 0 spiro atoms. The number of aromatic nitrogens is 3. The van der Waals surface area contributed by atoms with Crippen LogP contribution in [0, 0.1) is 6.92 Å². The van der Waals surface area contributed by atoms with Gasteiger partial charge in [0.1, 0.15) is 5.75 Å². The summed E-state index contributed by atoms with van der Waals surface area (Å²) in [5.41, 5.74) is 3.90. The summed E-state index contributed by atoms with van der Waals surface area (Å²) < 4.78 is 5.38. The summed E-state index contributed by atoms with van der Waals surface area (Å²) in [5, 5.41) is 3.64. The highest BCUT2D eigenvalue weighted by atomic mass is 16.5. The minimum Gasteiger partial charge on any atom is -0.497 e. The van der Waals surface area contributed by atoms with Gasteiger partial charge in [0, 0.05) is 24.6 Å². The second-order valence-electron chi connectivity index (χ2n) is 5.88. The van der Waals surface area contributed by atoms with Gasteiger partial charge in [-0.15, -0.1) is 0 Å². The van der Waals surface area contributed by atoms with Crippen LogP contribution in [0.4, 0.5) is 0 Å². The number of ether oxygens (including phenoxy) is 1. The quantitative estimate of drug-likeness (QED) is 0.746. The smallest absolute Gasteiger partial charge is 0.119 e. The molecule has 25 heavy (non-hydrogen) atoms. The van der Waals surface area contributed by atoms with Crippen LogP contribution in [-0.4, -0.2) is 22.1 Å². The molecule has 0 aliphatic carbocycles. The highest BCUT2D eigenvalue weighted by Gasteiger charge is 2.20. The first-order valence-corrected chi connectivity index (χ1v) is 8.27. The molecule has 5 nitrogen and oxygen atoms in total. The molecule has 5 heteroatoms. The van der Waals surface area contributed by atoms with Gasteiger partial charge in [0.15, 0.2) is 0 Å². The fourth-order valence-corrected chi connectivity index (χ4v) is 2.89. The van der Waals surface area contributed by atoms with E-state index in [1.54, 1.807) is 19.5 Å². The lowest BCUT2D eigenvalue weighted by Gasteiger charge is -2.24. The molecule has 2 atom stereocenters. The van der Waals surface area contributed by atoms with Gasteiger partial charge < -0.3 is 4.74 Å². The Morgan fingerprint density at radius 2 is 1.80 bits per heavy atom. The highest BCUT2D eigenvalue weighted by molar-refractivity contribution is 5.35. The van der Waals surface area contributed by atoms with Crippen molar-refractivity contribution in [3.05, 3.63) is 83.7 Å². The fourth-order valence-electron chi connectivity index (χ4n) is 2.89. The minimum absolute atomic E-state index is 0.0203. The summed E-state index contributed by atoms with van der Waals surface area (Å²) in [6.07, 6.45) is 5.24. The van der Waals surface area contributed by atoms with Crippen LogP contribution in [0.15, 0.2) is 61.1 Å². The molecule has 0 fully saturated rings. The van der Waals surface area contributed by atoms with Gasteiger partial charge in [-0.2, -0.15) is 0 Å². The number of nitrogens with one attached hydrogen (secondary N) is 1. The van der Waals surface area contributed by atoms with E-state index in [0.717, 1.165) is 28.4 Å². The molecule has 0 aliphatic rings. The molecule has 0 aliphatic heterocycles. The zero-order chi connectivity index (χ0) is 17.6. The van der Waals surface area contributed by atoms with Crippen molar-refractivity contribution in [1.29, 1.82) is 0 Å². The third-order valence-corrected chi connectivity index (χ3v) is 4.16. The van der Waals surface area contributed by atoms with Crippen LogP contribution in [0.25, 0.3) is 0 Å². The van der Waals surface area contributed by atoms with Gasteiger partial charge in [0.05, 0.1) is 30.2 Å². The van der Waals surface area contributed by atoms with Crippen molar-refractivity contribution >= 4 is 0 Å². The first-order valence-electron chi connectivity index (χ1n) is 8.27. The number of pyridine rings is 1. The Morgan fingerprint density at radius 1 is 0.960 bits per heavy atom. The van der Waals surface area contributed by atoms with Crippen LogP contribution in [0.2, 0.25) is 0 Å². The summed E-state index contributed by atoms with van der Waals surface area (Å²) in [7, 11) is 1.67. The van der Waals surface area contributed by atoms with Crippen LogP contribution in [0.3, 0.4) is 0 Å². The standard InChI is InChI=1S/C20H22N4O/c1-14-19(23-12-11-21-14)15(2)24-20(18-9-4-5-10-22-18)16-7-6-8-17(13-16)25-3/h4-13,15,20,24H,1-3H3/t15-,20-/m0/s1. The van der Waals surface area contributed by atoms with Crippen molar-refractivity contribution in [3.63, 3.8) is 0 Å². The topological polar surface area (TPSA) is 59.9 Å². The first kappa shape index (κ1) is 17.0. The molecule has 1 N–H and O–H groups in total. The molecule has 3 rings (SSSR count). The molecule has 0 radical (unpaired) electrons. The van der Waals surface area contributed by atoms with Gasteiger partial charge >= 0.3 is 0 Å². The number of aryl methyl sites for hydroxylation is 1. The van der Waals surface area contributed by atoms with Crippen LogP contribution in [-0.2, 0) is 0 Å². The van der Waals surface area contributed by atoms with Crippen molar-refractivity contribution in [2.75, 3.05) is 7.11 Å². The number of methoxy groups -OCH3 is 1. The average Bonchev–Trinajstić information content (AvgIpc) is 2.67. The van der Waals surface area contributed by atoms with Crippen LogP contribution >= 0.6 is 0 Å². The van der Waals surface area contributed by atoms with E-state index in [4.69, 9.17) is 4.74 Å². The van der Waals surface area contributed by atoms with E-state index in [1.165, 1.54) is 0 Å². The van der Waals surface area contributed by atoms with E-state index in [-0.39, 0.29) is 12.1 Å². The van der Waals surface area contributed by atoms with Crippen molar-refractivity contribution < 1.29 is 4.74 Å². The SMILES string of the molecule is COc1cccc([C@H](N[C@@H](C)c2nccnc2C)c2ccccn2)c1. The monoisotopic (exact) mass is 334 g/mol. The molecule has 1 aromatic carbocycles. The van der Waals surface area contributed by atoms with E-state index < -0.39 is 0 Å². The molecule has 2 aromatic heterocycles. The molecular weight excluding hydrogens is 312 g/mol. The molecule has 0 saturated heterocycles. The average molecular weight is 334 g/mol. The van der Waals surface area contributed by atoms with Gasteiger partial charge in [0.25, 0.3) is 0 Å². The molecule has 0 unspecified atom stereocenters. The predicted octanol–water partition coefficient (Wildman–Crippen LogP) is 3.63. The summed E-state index contributed by atoms with van der Waals surface area (Å²) >= 11 is 0. The maximum atomic E-state index is 5.38. The third-order valence-electron chi connectivity index (χ3n) is 4.16. The van der Waals surface area contributed by atoms with Gasteiger partial charge in [-0.05, 0) is 43.7 Å². The second kappa shape index (κ2) is 7.85. The zero-order valence-corrected chi connectivity index (χ0v) is 14.7. The molecule has 2 heterocycles. The molecule has 3 aromatic rings. The predicted molar refractivity (Wildman–Crippen MR) is 97.4 cm³/mol. The van der Waals surface area contributed by atoms with Gasteiger partial charge in [-0.25, -0.2) is 0 Å². The van der Waals surface area contributed by atoms with Crippen LogP contribution in [0.1, 0.15) is 41.7 Å². The molecule has 128 valence electrons. The lowest BCUT2D eigenvalue weighted by Crippen LogP contribution is -2.27. The maximum absolute atomic E-state index is 5.38. The Labute approximate surface area is 148 Å². The van der Waals surface area contributed by atoms with Crippen molar-refractivity contribution in [3.8, 4) is 5.75 Å². The van der Waals surface area contributed by atoms with Crippen molar-refractivity contribution in [1.82, 2.24) is 20.3 Å². The number of rotatable bonds is 6. The van der Waals surface area contributed by atoms with E-state index in [2.05, 4.69) is 33.3 Å². The van der Waals surface area contributed by atoms with Crippen molar-refractivity contribution in [2.24, 2.45) is 0 Å². The first-order chi connectivity index (χ1) is 12.2. The summed E-state index contributed by atoms with van der Waals surface area (Å²) in [4.78, 5) is 13.4. The maximum Gasteiger partial charge on any atom is 0.119 e. The van der Waals surface area contributed by atoms with E-state index in [1.807, 2.05) is 49.5 Å². The summed E-state index contributed by atoms with van der Waals surface area (Å²) in [5.74, 6) is 0.823. The Kier molecular flexibility index (Phi) is 5.36.